The van der Waals surface area contributed by atoms with Crippen molar-refractivity contribution < 1.29 is 27.5 Å². The van der Waals surface area contributed by atoms with Gasteiger partial charge in [-0.1, -0.05) is 49.2 Å². The number of carbonyl (C=O) groups is 3. The van der Waals surface area contributed by atoms with E-state index in [0.29, 0.717) is 88.6 Å². The van der Waals surface area contributed by atoms with Crippen LogP contribution in [0.15, 0.2) is 48.5 Å². The molecule has 0 radical (unpaired) electrons. The van der Waals surface area contributed by atoms with Crippen LogP contribution >= 0.6 is 11.6 Å². The number of benzene rings is 2. The predicted octanol–water partition coefficient (Wildman–Crippen LogP) is 4.49. The molecule has 3 fully saturated rings. The molecule has 5 rings (SSSR count). The lowest BCUT2D eigenvalue weighted by Crippen LogP contribution is -2.53. The van der Waals surface area contributed by atoms with Crippen molar-refractivity contribution in [2.75, 3.05) is 81.0 Å². The molecule has 0 N–H and O–H groups in total. The Balaban J connectivity index is 1.23. The van der Waals surface area contributed by atoms with Gasteiger partial charge >= 0.3 is 6.09 Å². The first-order valence-corrected chi connectivity index (χ1v) is 19.3. The number of amides is 3. The van der Waals surface area contributed by atoms with Crippen molar-refractivity contribution in [3.05, 3.63) is 59.1 Å². The zero-order chi connectivity index (χ0) is 34.3. The van der Waals surface area contributed by atoms with Crippen molar-refractivity contribution in [3.8, 4) is 0 Å². The largest absolute Gasteiger partial charge is 0.449 e. The average molecular weight is 702 g/mol. The van der Waals surface area contributed by atoms with Gasteiger partial charge in [0.15, 0.2) is 0 Å². The number of rotatable bonds is 13. The van der Waals surface area contributed by atoms with Crippen LogP contribution in [0.1, 0.15) is 44.6 Å². The Morgan fingerprint density at radius 3 is 2.15 bits per heavy atom. The highest BCUT2D eigenvalue weighted by Gasteiger charge is 2.34. The van der Waals surface area contributed by atoms with Crippen LogP contribution in [0.3, 0.4) is 0 Å². The number of piperazine rings is 2. The number of carbonyl (C=O) groups excluding carboxylic acids is 3. The lowest BCUT2D eigenvalue weighted by molar-refractivity contribution is -0.142. The van der Waals surface area contributed by atoms with Gasteiger partial charge in [-0.25, -0.2) is 13.2 Å². The molecule has 0 bridgehead atoms. The molecule has 262 valence electrons. The lowest BCUT2D eigenvalue weighted by atomic mass is 9.93. The normalized spacial score (nSPS) is 17.6. The molecule has 1 atom stereocenters. The van der Waals surface area contributed by atoms with E-state index in [-0.39, 0.29) is 24.3 Å². The van der Waals surface area contributed by atoms with Crippen molar-refractivity contribution in [3.63, 3.8) is 0 Å². The summed E-state index contributed by atoms with van der Waals surface area (Å²) in [6.07, 6.45) is 5.22. The summed E-state index contributed by atoms with van der Waals surface area (Å²) in [6, 6.07) is 14.9. The number of sulfonamides is 1. The quantitative estimate of drug-likeness (QED) is 0.283. The number of unbranched alkanes of at least 4 members (excludes halogenated alkanes) is 1. The molecule has 48 heavy (non-hydrogen) atoms. The summed E-state index contributed by atoms with van der Waals surface area (Å²) < 4.78 is 32.5. The van der Waals surface area contributed by atoms with Crippen molar-refractivity contribution in [2.45, 2.75) is 45.4 Å². The number of ether oxygens (including phenoxy) is 1. The van der Waals surface area contributed by atoms with Crippen LogP contribution in [0.2, 0.25) is 5.02 Å². The van der Waals surface area contributed by atoms with E-state index in [1.54, 1.807) is 21.9 Å². The minimum absolute atomic E-state index is 0.0654. The van der Waals surface area contributed by atoms with Gasteiger partial charge in [-0.2, -0.15) is 0 Å². The van der Waals surface area contributed by atoms with Gasteiger partial charge in [0.25, 0.3) is 0 Å². The van der Waals surface area contributed by atoms with Crippen molar-refractivity contribution in [1.82, 2.24) is 14.7 Å². The van der Waals surface area contributed by atoms with Gasteiger partial charge in [0.05, 0.1) is 30.2 Å². The van der Waals surface area contributed by atoms with Gasteiger partial charge < -0.3 is 24.3 Å². The molecule has 2 aromatic rings. The third-order valence-electron chi connectivity index (χ3n) is 9.38. The molecule has 2 heterocycles. The van der Waals surface area contributed by atoms with E-state index in [0.717, 1.165) is 36.9 Å². The van der Waals surface area contributed by atoms with Crippen LogP contribution in [-0.4, -0.2) is 113 Å². The van der Waals surface area contributed by atoms with Crippen LogP contribution in [0, 0.1) is 11.8 Å². The predicted molar refractivity (Wildman–Crippen MR) is 188 cm³/mol. The molecular weight excluding hydrogens is 654 g/mol. The zero-order valence-electron chi connectivity index (χ0n) is 28.1. The number of hydrogen-bond acceptors (Lipinski definition) is 7. The maximum atomic E-state index is 14.1. The number of hydrogen-bond donors (Lipinski definition) is 0. The molecule has 11 nitrogen and oxygen atoms in total. The smallest absolute Gasteiger partial charge is 0.409 e. The fraction of sp³-hybridized carbons (Fsp3) is 0.571. The molecule has 0 aromatic heterocycles. The monoisotopic (exact) mass is 701 g/mol. The van der Waals surface area contributed by atoms with Crippen LogP contribution in [-0.2, 0) is 30.8 Å². The highest BCUT2D eigenvalue weighted by molar-refractivity contribution is 7.92. The van der Waals surface area contributed by atoms with Crippen LogP contribution < -0.4 is 9.21 Å². The fourth-order valence-corrected chi connectivity index (χ4v) is 7.46. The van der Waals surface area contributed by atoms with Gasteiger partial charge in [-0.15, -0.1) is 0 Å². The molecule has 1 aliphatic carbocycles. The molecule has 13 heteroatoms. The SMILES string of the molecule is CCCCOC(=O)N1CCN(C(=O)CC(Cc2ccc(Cl)cc2)C(=O)N2CCN(c3ccccc3N(CC3CC3)S(C)(=O)=O)CC2)CC1. The molecule has 2 saturated heterocycles. The summed E-state index contributed by atoms with van der Waals surface area (Å²) in [7, 11) is -3.46. The van der Waals surface area contributed by atoms with Gasteiger partial charge in [0, 0.05) is 70.3 Å². The maximum Gasteiger partial charge on any atom is 0.409 e. The van der Waals surface area contributed by atoms with Crippen molar-refractivity contribution in [1.29, 1.82) is 0 Å². The summed E-state index contributed by atoms with van der Waals surface area (Å²) in [4.78, 5) is 47.4. The summed E-state index contributed by atoms with van der Waals surface area (Å²) in [6.45, 7) is 6.49. The van der Waals surface area contributed by atoms with E-state index in [4.69, 9.17) is 16.3 Å². The Morgan fingerprint density at radius 2 is 1.52 bits per heavy atom. The Morgan fingerprint density at radius 1 is 0.896 bits per heavy atom. The molecule has 2 aliphatic heterocycles. The highest BCUT2D eigenvalue weighted by Crippen LogP contribution is 2.37. The van der Waals surface area contributed by atoms with Gasteiger partial charge in [-0.3, -0.25) is 13.9 Å². The second kappa shape index (κ2) is 16.3. The molecule has 3 amide bonds. The van der Waals surface area contributed by atoms with Gasteiger partial charge in [0.1, 0.15) is 0 Å². The van der Waals surface area contributed by atoms with E-state index in [2.05, 4.69) is 4.90 Å². The van der Waals surface area contributed by atoms with E-state index in [9.17, 15) is 22.8 Å². The van der Waals surface area contributed by atoms with Gasteiger partial charge in [-0.05, 0) is 61.4 Å². The molecule has 0 spiro atoms. The van der Waals surface area contributed by atoms with E-state index in [1.807, 2.05) is 48.2 Å². The number of anilines is 2. The summed E-state index contributed by atoms with van der Waals surface area (Å²) in [5.41, 5.74) is 2.44. The Bertz CT molecular complexity index is 1520. The van der Waals surface area contributed by atoms with E-state index in [1.165, 1.54) is 10.6 Å². The first-order valence-electron chi connectivity index (χ1n) is 17.1. The Kier molecular flexibility index (Phi) is 12.1. The van der Waals surface area contributed by atoms with Crippen LogP contribution in [0.4, 0.5) is 16.2 Å². The first-order chi connectivity index (χ1) is 23.0. The second-order valence-corrected chi connectivity index (χ2v) is 15.4. The first kappa shape index (κ1) is 35.8. The molecule has 1 unspecified atom stereocenters. The summed E-state index contributed by atoms with van der Waals surface area (Å²) in [5.74, 6) is -0.353. The number of halogens is 1. The van der Waals surface area contributed by atoms with Crippen LogP contribution in [0.25, 0.3) is 0 Å². The summed E-state index contributed by atoms with van der Waals surface area (Å²) in [5, 5.41) is 0.603. The lowest BCUT2D eigenvalue weighted by Gasteiger charge is -2.39. The maximum absolute atomic E-state index is 14.1. The summed E-state index contributed by atoms with van der Waals surface area (Å²) >= 11 is 6.12. The van der Waals surface area contributed by atoms with Crippen molar-refractivity contribution in [2.24, 2.45) is 11.8 Å². The third-order valence-corrected chi connectivity index (χ3v) is 10.8. The Hall–Kier alpha value is -3.51. The molecular formula is C35H48ClN5O6S. The fourth-order valence-electron chi connectivity index (χ4n) is 6.34. The van der Waals surface area contributed by atoms with Crippen molar-refractivity contribution >= 4 is 50.9 Å². The Labute approximate surface area is 289 Å². The minimum Gasteiger partial charge on any atom is -0.449 e. The molecule has 1 saturated carbocycles. The van der Waals surface area contributed by atoms with Crippen LogP contribution in [0.5, 0.6) is 0 Å². The highest BCUT2D eigenvalue weighted by atomic mass is 35.5. The molecule has 2 aromatic carbocycles. The minimum atomic E-state index is -3.46. The van der Waals surface area contributed by atoms with E-state index < -0.39 is 15.9 Å². The molecule has 3 aliphatic rings. The number of nitrogens with zero attached hydrogens (tertiary/aromatic N) is 5. The zero-order valence-corrected chi connectivity index (χ0v) is 29.6. The van der Waals surface area contributed by atoms with Gasteiger partial charge in [0.2, 0.25) is 21.8 Å². The standard InChI is InChI=1S/C35H48ClN5O6S/c1-3-4-23-47-35(44)40-21-17-38(18-22-40)33(42)25-29(24-27-11-13-30(36)14-12-27)34(43)39-19-15-37(16-20-39)31-7-5-6-8-32(31)41(48(2,45)46)26-28-9-10-28/h5-8,11-14,28-29H,3-4,9-10,15-26H2,1-2H3. The third kappa shape index (κ3) is 9.56. The topological polar surface area (TPSA) is 111 Å². The average Bonchev–Trinajstić information content (AvgIpc) is 3.92. The van der Waals surface area contributed by atoms with E-state index >= 15 is 0 Å². The number of para-hydroxylation sites is 2. The second-order valence-electron chi connectivity index (χ2n) is 13.1.